The number of carbonyl (C=O) groups excluding carboxylic acids is 1. The number of carbonyl (C=O) groups is 1. The molecule has 0 unspecified atom stereocenters. The number of nitrogens with zero attached hydrogens (tertiary/aromatic N) is 2. The smallest absolute Gasteiger partial charge is 0.277 e. The molecule has 150 valence electrons. The predicted octanol–water partition coefficient (Wildman–Crippen LogP) is 4.05. The average molecular weight is 417 g/mol. The monoisotopic (exact) mass is 416 g/mol. The molecule has 2 heterocycles. The van der Waals surface area contributed by atoms with Crippen molar-refractivity contribution < 1.29 is 4.79 Å². The maximum atomic E-state index is 13.1. The summed E-state index contributed by atoms with van der Waals surface area (Å²) in [6.07, 6.45) is 2.71. The number of aromatic amines is 1. The van der Waals surface area contributed by atoms with Gasteiger partial charge in [0.05, 0.1) is 12.2 Å². The van der Waals surface area contributed by atoms with Crippen molar-refractivity contribution in [2.24, 2.45) is 0 Å². The number of amides is 1. The van der Waals surface area contributed by atoms with Crippen molar-refractivity contribution in [2.45, 2.75) is 19.9 Å². The van der Waals surface area contributed by atoms with Gasteiger partial charge in [-0.3, -0.25) is 9.59 Å². The summed E-state index contributed by atoms with van der Waals surface area (Å²) in [6, 6.07) is 18.9. The summed E-state index contributed by atoms with van der Waals surface area (Å²) >= 11 is 1.55. The molecule has 30 heavy (non-hydrogen) atoms. The summed E-state index contributed by atoms with van der Waals surface area (Å²) in [5.41, 5.74) is 2.14. The Labute approximate surface area is 177 Å². The molecule has 0 aliphatic carbocycles. The van der Waals surface area contributed by atoms with Crippen LogP contribution in [0.5, 0.6) is 0 Å². The predicted molar refractivity (Wildman–Crippen MR) is 118 cm³/mol. The maximum absolute atomic E-state index is 13.1. The summed E-state index contributed by atoms with van der Waals surface area (Å²) in [7, 11) is 0. The highest BCUT2D eigenvalue weighted by Gasteiger charge is 2.23. The van der Waals surface area contributed by atoms with Crippen molar-refractivity contribution in [3.63, 3.8) is 0 Å². The minimum absolute atomic E-state index is 0.0438. The zero-order chi connectivity index (χ0) is 20.9. The number of H-pyrrole nitrogens is 1. The van der Waals surface area contributed by atoms with Gasteiger partial charge in [-0.25, -0.2) is 10.1 Å². The van der Waals surface area contributed by atoms with E-state index in [1.807, 2.05) is 66.9 Å². The van der Waals surface area contributed by atoms with Crippen LogP contribution in [0.4, 0.5) is 0 Å². The van der Waals surface area contributed by atoms with Gasteiger partial charge in [0.2, 0.25) is 0 Å². The van der Waals surface area contributed by atoms with Crippen molar-refractivity contribution in [1.29, 1.82) is 0 Å². The molecule has 6 nitrogen and oxygen atoms in total. The molecule has 0 atom stereocenters. The first-order chi connectivity index (χ1) is 14.7. The molecule has 2 aromatic heterocycles. The van der Waals surface area contributed by atoms with Crippen LogP contribution in [0, 0.1) is 0 Å². The van der Waals surface area contributed by atoms with Crippen molar-refractivity contribution in [1.82, 2.24) is 20.5 Å². The molecule has 0 radical (unpaired) electrons. The lowest BCUT2D eigenvalue weighted by Gasteiger charge is -2.13. The topological polar surface area (TPSA) is 87.7 Å². The molecule has 0 spiro atoms. The number of nitrogens with one attached hydrogen (secondary N) is 2. The number of rotatable bonds is 6. The quantitative estimate of drug-likeness (QED) is 0.496. The van der Waals surface area contributed by atoms with Crippen molar-refractivity contribution >= 4 is 17.2 Å². The standard InChI is InChI=1S/C23H20N4O2S/c1-2-17-13-24-18(30-17)14-25-22(28)20-19(15-9-5-3-6-10-15)21(26-27-23(20)29)16-11-7-4-8-12-16/h3-13H,2,14H2,1H3,(H,25,28)(H,27,29). The first kappa shape index (κ1) is 19.7. The van der Waals surface area contributed by atoms with E-state index in [2.05, 4.69) is 27.4 Å². The highest BCUT2D eigenvalue weighted by Crippen LogP contribution is 2.31. The highest BCUT2D eigenvalue weighted by molar-refractivity contribution is 7.11. The fraction of sp³-hybridized carbons (Fsp3) is 0.130. The zero-order valence-electron chi connectivity index (χ0n) is 16.4. The first-order valence-corrected chi connectivity index (χ1v) is 10.4. The lowest BCUT2D eigenvalue weighted by molar-refractivity contribution is 0.0950. The van der Waals surface area contributed by atoms with Gasteiger partial charge in [0.1, 0.15) is 10.6 Å². The van der Waals surface area contributed by atoms with Gasteiger partial charge in [-0.1, -0.05) is 67.6 Å². The molecule has 0 aliphatic heterocycles. The fourth-order valence-corrected chi connectivity index (χ4v) is 4.00. The second-order valence-corrected chi connectivity index (χ2v) is 7.84. The summed E-state index contributed by atoms with van der Waals surface area (Å²) in [6.45, 7) is 2.32. The molecule has 7 heteroatoms. The number of hydrogen-bond donors (Lipinski definition) is 2. The SMILES string of the molecule is CCc1cnc(CNC(=O)c2c(-c3ccccc3)c(-c3ccccc3)n[nH]c2=O)s1. The van der Waals surface area contributed by atoms with Gasteiger partial charge in [0.25, 0.3) is 11.5 Å². The van der Waals surface area contributed by atoms with Crippen LogP contribution in [0.25, 0.3) is 22.4 Å². The molecule has 0 saturated carbocycles. The number of thiazole rings is 1. The second kappa shape index (κ2) is 8.84. The Balaban J connectivity index is 1.78. The lowest BCUT2D eigenvalue weighted by Crippen LogP contribution is -2.31. The van der Waals surface area contributed by atoms with Gasteiger partial charge >= 0.3 is 0 Å². The van der Waals surface area contributed by atoms with Crippen LogP contribution in [0.15, 0.2) is 71.7 Å². The number of benzene rings is 2. The Morgan fingerprint density at radius 2 is 1.70 bits per heavy atom. The minimum atomic E-state index is -0.528. The summed E-state index contributed by atoms with van der Waals surface area (Å²) in [5, 5.41) is 10.4. The van der Waals surface area contributed by atoms with Gasteiger partial charge in [-0.2, -0.15) is 5.10 Å². The number of aromatic nitrogens is 3. The van der Waals surface area contributed by atoms with Crippen LogP contribution < -0.4 is 10.9 Å². The summed E-state index contributed by atoms with van der Waals surface area (Å²) in [5.74, 6) is -0.456. The van der Waals surface area contributed by atoms with Crippen molar-refractivity contribution in [3.8, 4) is 22.4 Å². The van der Waals surface area contributed by atoms with Crippen molar-refractivity contribution in [2.75, 3.05) is 0 Å². The molecule has 0 fully saturated rings. The molecule has 0 aliphatic rings. The fourth-order valence-electron chi connectivity index (χ4n) is 3.20. The summed E-state index contributed by atoms with van der Waals surface area (Å²) in [4.78, 5) is 31.3. The average Bonchev–Trinajstić information content (AvgIpc) is 3.26. The van der Waals surface area contributed by atoms with Crippen LogP contribution >= 0.6 is 11.3 Å². The van der Waals surface area contributed by atoms with Gasteiger partial charge in [-0.05, 0) is 12.0 Å². The minimum Gasteiger partial charge on any atom is -0.345 e. The van der Waals surface area contributed by atoms with E-state index in [9.17, 15) is 9.59 Å². The van der Waals surface area contributed by atoms with Gasteiger partial charge < -0.3 is 5.32 Å². The third kappa shape index (κ3) is 4.06. The van der Waals surface area contributed by atoms with Crippen LogP contribution in [-0.2, 0) is 13.0 Å². The molecule has 0 bridgehead atoms. The van der Waals surface area contributed by atoms with Crippen LogP contribution in [0.3, 0.4) is 0 Å². The molecule has 1 amide bonds. The Kier molecular flexibility index (Phi) is 5.81. The van der Waals surface area contributed by atoms with Gasteiger partial charge in [-0.15, -0.1) is 11.3 Å². The van der Waals surface area contributed by atoms with E-state index in [-0.39, 0.29) is 12.1 Å². The number of aryl methyl sites for hydroxylation is 1. The molecule has 4 aromatic rings. The van der Waals surface area contributed by atoms with E-state index in [1.54, 1.807) is 11.3 Å². The third-order valence-electron chi connectivity index (χ3n) is 4.67. The third-order valence-corrected chi connectivity index (χ3v) is 5.81. The van der Waals surface area contributed by atoms with Crippen LogP contribution in [0.1, 0.15) is 27.2 Å². The summed E-state index contributed by atoms with van der Waals surface area (Å²) < 4.78 is 0. The Morgan fingerprint density at radius 3 is 2.33 bits per heavy atom. The lowest BCUT2D eigenvalue weighted by atomic mass is 9.95. The Hall–Kier alpha value is -3.58. The molecule has 2 N–H and O–H groups in total. The number of hydrogen-bond acceptors (Lipinski definition) is 5. The highest BCUT2D eigenvalue weighted by atomic mass is 32.1. The largest absolute Gasteiger partial charge is 0.345 e. The van der Waals surface area contributed by atoms with Crippen molar-refractivity contribution in [3.05, 3.63) is 92.7 Å². The van der Waals surface area contributed by atoms with Gasteiger partial charge in [0, 0.05) is 22.2 Å². The normalized spacial score (nSPS) is 10.7. The molecular weight excluding hydrogens is 396 g/mol. The van der Waals surface area contributed by atoms with Gasteiger partial charge in [0.15, 0.2) is 0 Å². The van der Waals surface area contributed by atoms with E-state index >= 15 is 0 Å². The van der Waals surface area contributed by atoms with E-state index in [4.69, 9.17) is 0 Å². The second-order valence-electron chi connectivity index (χ2n) is 6.64. The van der Waals surface area contributed by atoms with Crippen LogP contribution in [-0.4, -0.2) is 21.1 Å². The Morgan fingerprint density at radius 1 is 1.03 bits per heavy atom. The van der Waals surface area contributed by atoms with E-state index in [1.165, 1.54) is 0 Å². The molecule has 2 aromatic carbocycles. The van der Waals surface area contributed by atoms with E-state index < -0.39 is 11.5 Å². The van der Waals surface area contributed by atoms with Crippen LogP contribution in [0.2, 0.25) is 0 Å². The molecule has 0 saturated heterocycles. The molecule has 4 rings (SSSR count). The Bertz CT molecular complexity index is 1220. The zero-order valence-corrected chi connectivity index (χ0v) is 17.2. The van der Waals surface area contributed by atoms with E-state index in [0.717, 1.165) is 27.4 Å². The van der Waals surface area contributed by atoms with E-state index in [0.29, 0.717) is 11.3 Å². The molecular formula is C23H20N4O2S. The first-order valence-electron chi connectivity index (χ1n) is 9.62. The maximum Gasteiger partial charge on any atom is 0.277 e.